The SMILES string of the molecule is CCc1noc(-c2ccc(CCNC(=NC)NCC(C)C)cc2)n1.I. The summed E-state index contributed by atoms with van der Waals surface area (Å²) < 4.78 is 5.26. The highest BCUT2D eigenvalue weighted by atomic mass is 127. The summed E-state index contributed by atoms with van der Waals surface area (Å²) in [7, 11) is 1.79. The largest absolute Gasteiger partial charge is 0.356 e. The third-order valence-corrected chi connectivity index (χ3v) is 3.59. The van der Waals surface area contributed by atoms with Crippen LogP contribution < -0.4 is 10.6 Å². The molecule has 7 heteroatoms. The molecule has 0 bridgehead atoms. The van der Waals surface area contributed by atoms with Gasteiger partial charge in [0.05, 0.1) is 0 Å². The van der Waals surface area contributed by atoms with Crippen LogP contribution in [-0.4, -0.2) is 36.2 Å². The van der Waals surface area contributed by atoms with Crippen LogP contribution in [0.1, 0.15) is 32.2 Å². The Morgan fingerprint density at radius 2 is 1.92 bits per heavy atom. The van der Waals surface area contributed by atoms with Crippen LogP contribution in [-0.2, 0) is 12.8 Å². The highest BCUT2D eigenvalue weighted by molar-refractivity contribution is 14.0. The van der Waals surface area contributed by atoms with E-state index in [1.54, 1.807) is 7.05 Å². The van der Waals surface area contributed by atoms with Gasteiger partial charge in [0.25, 0.3) is 5.89 Å². The van der Waals surface area contributed by atoms with Gasteiger partial charge in [0.15, 0.2) is 11.8 Å². The average Bonchev–Trinajstić information content (AvgIpc) is 3.07. The third kappa shape index (κ3) is 7.01. The molecule has 1 heterocycles. The van der Waals surface area contributed by atoms with E-state index < -0.39 is 0 Å². The first-order valence-corrected chi connectivity index (χ1v) is 8.48. The summed E-state index contributed by atoms with van der Waals surface area (Å²) in [6, 6.07) is 8.23. The molecule has 0 fully saturated rings. The predicted molar refractivity (Wildman–Crippen MR) is 112 cm³/mol. The van der Waals surface area contributed by atoms with Gasteiger partial charge in [-0.25, -0.2) is 0 Å². The molecule has 0 unspecified atom stereocenters. The first-order chi connectivity index (χ1) is 11.6. The number of aliphatic imine (C=N–C) groups is 1. The quantitative estimate of drug-likeness (QED) is 0.379. The molecule has 0 aliphatic heterocycles. The molecule has 2 rings (SSSR count). The summed E-state index contributed by atoms with van der Waals surface area (Å²) in [5, 5.41) is 10.6. The second-order valence-electron chi connectivity index (χ2n) is 6.09. The molecule has 1 aromatic heterocycles. The molecule has 2 aromatic rings. The van der Waals surface area contributed by atoms with Gasteiger partial charge in [-0.2, -0.15) is 4.98 Å². The smallest absolute Gasteiger partial charge is 0.257 e. The molecule has 6 nitrogen and oxygen atoms in total. The monoisotopic (exact) mass is 457 g/mol. The van der Waals surface area contributed by atoms with Gasteiger partial charge in [-0.1, -0.05) is 38.1 Å². The predicted octanol–water partition coefficient (Wildman–Crippen LogP) is 3.28. The van der Waals surface area contributed by atoms with Gasteiger partial charge in [-0.3, -0.25) is 4.99 Å². The van der Waals surface area contributed by atoms with Crippen LogP contribution in [0.25, 0.3) is 11.5 Å². The number of aromatic nitrogens is 2. The van der Waals surface area contributed by atoms with E-state index in [4.69, 9.17) is 4.52 Å². The maximum absolute atomic E-state index is 5.26. The van der Waals surface area contributed by atoms with Gasteiger partial charge >= 0.3 is 0 Å². The molecule has 2 N–H and O–H groups in total. The van der Waals surface area contributed by atoms with Crippen molar-refractivity contribution in [1.29, 1.82) is 0 Å². The van der Waals surface area contributed by atoms with E-state index >= 15 is 0 Å². The standard InChI is InChI=1S/C18H27N5O.HI/c1-5-16-22-17(24-23-16)15-8-6-14(7-9-15)10-11-20-18(19-4)21-12-13(2)3;/h6-9,13H,5,10-12H2,1-4H3,(H2,19,20,21);1H. The molecule has 138 valence electrons. The molecule has 1 aromatic carbocycles. The van der Waals surface area contributed by atoms with E-state index in [0.29, 0.717) is 11.8 Å². The van der Waals surface area contributed by atoms with E-state index in [9.17, 15) is 0 Å². The lowest BCUT2D eigenvalue weighted by molar-refractivity contribution is 0.423. The van der Waals surface area contributed by atoms with Crippen molar-refractivity contribution < 1.29 is 4.52 Å². The fraction of sp³-hybridized carbons (Fsp3) is 0.500. The fourth-order valence-electron chi connectivity index (χ4n) is 2.18. The van der Waals surface area contributed by atoms with Crippen molar-refractivity contribution in [2.75, 3.05) is 20.1 Å². The lowest BCUT2D eigenvalue weighted by Gasteiger charge is -2.13. The normalized spacial score (nSPS) is 11.3. The summed E-state index contributed by atoms with van der Waals surface area (Å²) in [5.41, 5.74) is 2.20. The number of nitrogens with zero attached hydrogens (tertiary/aromatic N) is 3. The number of hydrogen-bond donors (Lipinski definition) is 2. The maximum Gasteiger partial charge on any atom is 0.257 e. The van der Waals surface area contributed by atoms with Crippen molar-refractivity contribution in [3.63, 3.8) is 0 Å². The number of nitrogens with one attached hydrogen (secondary N) is 2. The Kier molecular flexibility index (Phi) is 9.48. The summed E-state index contributed by atoms with van der Waals surface area (Å²) >= 11 is 0. The number of halogens is 1. The number of rotatable bonds is 7. The summed E-state index contributed by atoms with van der Waals surface area (Å²) in [6.07, 6.45) is 1.70. The molecule has 0 aliphatic carbocycles. The minimum absolute atomic E-state index is 0. The zero-order valence-electron chi connectivity index (χ0n) is 15.4. The number of guanidine groups is 1. The molecule has 0 aliphatic rings. The molecule has 0 amide bonds. The van der Waals surface area contributed by atoms with Crippen LogP contribution in [0, 0.1) is 5.92 Å². The van der Waals surface area contributed by atoms with Gasteiger partial charge in [0.1, 0.15) is 0 Å². The van der Waals surface area contributed by atoms with E-state index in [-0.39, 0.29) is 24.0 Å². The van der Waals surface area contributed by atoms with Crippen LogP contribution in [0.15, 0.2) is 33.8 Å². The first-order valence-electron chi connectivity index (χ1n) is 8.48. The van der Waals surface area contributed by atoms with E-state index in [2.05, 4.69) is 51.7 Å². The topological polar surface area (TPSA) is 75.3 Å². The molecule has 0 radical (unpaired) electrons. The molecule has 25 heavy (non-hydrogen) atoms. The molecular formula is C18H28IN5O. The third-order valence-electron chi connectivity index (χ3n) is 3.59. The molecule has 0 spiro atoms. The van der Waals surface area contributed by atoms with Crippen molar-refractivity contribution in [2.45, 2.75) is 33.6 Å². The Bertz CT molecular complexity index is 652. The Morgan fingerprint density at radius 3 is 2.48 bits per heavy atom. The molecule has 0 atom stereocenters. The maximum atomic E-state index is 5.26. The van der Waals surface area contributed by atoms with E-state index in [1.165, 1.54) is 5.56 Å². The lowest BCUT2D eigenvalue weighted by Crippen LogP contribution is -2.39. The van der Waals surface area contributed by atoms with Crippen molar-refractivity contribution in [3.8, 4) is 11.5 Å². The second kappa shape index (κ2) is 11.1. The zero-order chi connectivity index (χ0) is 17.4. The first kappa shape index (κ1) is 21.4. The van der Waals surface area contributed by atoms with Gasteiger partial charge < -0.3 is 15.2 Å². The van der Waals surface area contributed by atoms with Crippen LogP contribution in [0.4, 0.5) is 0 Å². The number of aryl methyl sites for hydroxylation is 1. The van der Waals surface area contributed by atoms with E-state index in [0.717, 1.165) is 43.3 Å². The summed E-state index contributed by atoms with van der Waals surface area (Å²) in [6.45, 7) is 8.11. The van der Waals surface area contributed by atoms with Gasteiger partial charge in [-0.15, -0.1) is 24.0 Å². The van der Waals surface area contributed by atoms with Gasteiger partial charge in [-0.05, 0) is 30.0 Å². The molecular weight excluding hydrogens is 429 g/mol. The Morgan fingerprint density at radius 1 is 1.20 bits per heavy atom. The van der Waals surface area contributed by atoms with Crippen LogP contribution in [0.3, 0.4) is 0 Å². The van der Waals surface area contributed by atoms with Crippen LogP contribution >= 0.6 is 24.0 Å². The zero-order valence-corrected chi connectivity index (χ0v) is 17.7. The Hall–Kier alpha value is -1.64. The van der Waals surface area contributed by atoms with Crippen molar-refractivity contribution in [3.05, 3.63) is 35.7 Å². The minimum atomic E-state index is 0. The Labute approximate surface area is 166 Å². The number of benzene rings is 1. The van der Waals surface area contributed by atoms with Crippen LogP contribution in [0.5, 0.6) is 0 Å². The summed E-state index contributed by atoms with van der Waals surface area (Å²) in [5.74, 6) is 2.75. The van der Waals surface area contributed by atoms with Crippen LogP contribution in [0.2, 0.25) is 0 Å². The van der Waals surface area contributed by atoms with Crippen molar-refractivity contribution in [1.82, 2.24) is 20.8 Å². The lowest BCUT2D eigenvalue weighted by atomic mass is 10.1. The summed E-state index contributed by atoms with van der Waals surface area (Å²) in [4.78, 5) is 8.57. The molecule has 0 saturated heterocycles. The second-order valence-corrected chi connectivity index (χ2v) is 6.09. The highest BCUT2D eigenvalue weighted by Gasteiger charge is 2.07. The fourth-order valence-corrected chi connectivity index (χ4v) is 2.18. The van der Waals surface area contributed by atoms with Crippen molar-refractivity contribution in [2.24, 2.45) is 10.9 Å². The van der Waals surface area contributed by atoms with Gasteiger partial charge in [0, 0.05) is 32.1 Å². The average molecular weight is 457 g/mol. The van der Waals surface area contributed by atoms with Crippen molar-refractivity contribution >= 4 is 29.9 Å². The van der Waals surface area contributed by atoms with E-state index in [1.807, 2.05) is 19.1 Å². The minimum Gasteiger partial charge on any atom is -0.356 e. The number of hydrogen-bond acceptors (Lipinski definition) is 4. The van der Waals surface area contributed by atoms with Gasteiger partial charge in [0.2, 0.25) is 0 Å². The molecule has 0 saturated carbocycles. The highest BCUT2D eigenvalue weighted by Crippen LogP contribution is 2.18. The Balaban J connectivity index is 0.00000312.